The van der Waals surface area contributed by atoms with Gasteiger partial charge in [-0.2, -0.15) is 0 Å². The van der Waals surface area contributed by atoms with Gasteiger partial charge in [-0.15, -0.1) is 0 Å². The van der Waals surface area contributed by atoms with E-state index in [1.165, 1.54) is 0 Å². The minimum atomic E-state index is -3.09. The Labute approximate surface area is 109 Å². The smallest absolute Gasteiger partial charge is 0.356 e. The average molecular weight is 268 g/mol. The molecule has 1 fully saturated rings. The molecule has 0 aliphatic carbocycles. The highest BCUT2D eigenvalue weighted by molar-refractivity contribution is 7.53. The van der Waals surface area contributed by atoms with Crippen LogP contribution in [0.25, 0.3) is 0 Å². The summed E-state index contributed by atoms with van der Waals surface area (Å²) in [5.41, 5.74) is 1.04. The van der Waals surface area contributed by atoms with Crippen LogP contribution in [0.3, 0.4) is 0 Å². The lowest BCUT2D eigenvalue weighted by molar-refractivity contribution is 0.0594. The maximum atomic E-state index is 12.3. The van der Waals surface area contributed by atoms with Crippen LogP contribution < -0.4 is 0 Å². The van der Waals surface area contributed by atoms with Gasteiger partial charge in [0.15, 0.2) is 0 Å². The highest BCUT2D eigenvalue weighted by Gasteiger charge is 2.34. The second kappa shape index (κ2) is 6.53. The Balaban J connectivity index is 1.98. The van der Waals surface area contributed by atoms with E-state index in [0.29, 0.717) is 13.2 Å². The normalized spacial score (nSPS) is 28.1. The van der Waals surface area contributed by atoms with Gasteiger partial charge < -0.3 is 9.26 Å². The van der Waals surface area contributed by atoms with Crippen LogP contribution in [0.2, 0.25) is 6.32 Å². The van der Waals surface area contributed by atoms with Gasteiger partial charge in [-0.05, 0) is 5.56 Å². The molecule has 0 aromatic heterocycles. The van der Waals surface area contributed by atoms with Crippen LogP contribution in [0.4, 0.5) is 0 Å². The Bertz CT molecular complexity index is 412. The van der Waals surface area contributed by atoms with Crippen molar-refractivity contribution in [3.63, 3.8) is 0 Å². The van der Waals surface area contributed by atoms with Gasteiger partial charge in [-0.3, -0.25) is 9.09 Å². The molecule has 1 aliphatic heterocycles. The Morgan fingerprint density at radius 3 is 2.89 bits per heavy atom. The minimum absolute atomic E-state index is 0.0458. The minimum Gasteiger partial charge on any atom is -0.370 e. The highest BCUT2D eigenvalue weighted by Crippen LogP contribution is 2.55. The predicted molar refractivity (Wildman–Crippen MR) is 72.6 cm³/mol. The van der Waals surface area contributed by atoms with E-state index in [2.05, 4.69) is 0 Å². The molecule has 1 aromatic rings. The van der Waals surface area contributed by atoms with Crippen molar-refractivity contribution < 1.29 is 18.3 Å². The van der Waals surface area contributed by atoms with Crippen molar-refractivity contribution in [1.29, 1.82) is 0 Å². The van der Waals surface area contributed by atoms with E-state index in [0.717, 1.165) is 18.3 Å². The zero-order valence-electron chi connectivity index (χ0n) is 10.6. The third-order valence-electron chi connectivity index (χ3n) is 2.73. The molecule has 0 N–H and O–H groups in total. The van der Waals surface area contributed by atoms with Gasteiger partial charge in [-0.25, -0.2) is 0 Å². The molecule has 1 saturated heterocycles. The molecule has 0 spiro atoms. The molecule has 0 saturated carbocycles. The van der Waals surface area contributed by atoms with E-state index in [1.54, 1.807) is 0 Å². The summed E-state index contributed by atoms with van der Waals surface area (Å²) in [6.07, 6.45) is 1.50. The van der Waals surface area contributed by atoms with Crippen LogP contribution in [0.5, 0.6) is 0 Å². The van der Waals surface area contributed by atoms with Crippen molar-refractivity contribution >= 4 is 15.4 Å². The SMILES string of the molecule is BCCOCP1(=O)OCCC(c2ccccc2)O1. The van der Waals surface area contributed by atoms with Crippen molar-refractivity contribution in [2.75, 3.05) is 19.6 Å². The molecular weight excluding hydrogens is 250 g/mol. The summed E-state index contributed by atoms with van der Waals surface area (Å²) in [5.74, 6) is 0. The molecule has 1 aliphatic rings. The van der Waals surface area contributed by atoms with Crippen LogP contribution in [0, 0.1) is 0 Å². The average Bonchev–Trinajstić information content (AvgIpc) is 2.40. The third-order valence-corrected chi connectivity index (χ3v) is 4.38. The van der Waals surface area contributed by atoms with E-state index in [-0.39, 0.29) is 12.5 Å². The van der Waals surface area contributed by atoms with Crippen molar-refractivity contribution in [3.8, 4) is 0 Å². The lowest BCUT2D eigenvalue weighted by Gasteiger charge is -2.29. The van der Waals surface area contributed by atoms with Gasteiger partial charge in [0.1, 0.15) is 14.2 Å². The molecule has 18 heavy (non-hydrogen) atoms. The molecule has 2 rings (SSSR count). The first-order valence-corrected chi connectivity index (χ1v) is 8.01. The molecule has 0 amide bonds. The molecule has 1 aromatic carbocycles. The largest absolute Gasteiger partial charge is 0.370 e. The zero-order valence-corrected chi connectivity index (χ0v) is 11.5. The van der Waals surface area contributed by atoms with Gasteiger partial charge in [0.2, 0.25) is 0 Å². The van der Waals surface area contributed by atoms with Crippen LogP contribution in [0.15, 0.2) is 30.3 Å². The molecule has 6 heteroatoms. The molecule has 98 valence electrons. The Morgan fingerprint density at radius 2 is 2.17 bits per heavy atom. The molecule has 4 nitrogen and oxygen atoms in total. The first kappa shape index (κ1) is 13.8. The predicted octanol–water partition coefficient (Wildman–Crippen LogP) is 2.38. The monoisotopic (exact) mass is 268 g/mol. The molecule has 2 atom stereocenters. The summed E-state index contributed by atoms with van der Waals surface area (Å²) in [6, 6.07) is 9.81. The van der Waals surface area contributed by atoms with E-state index in [9.17, 15) is 4.57 Å². The van der Waals surface area contributed by atoms with Crippen molar-refractivity contribution in [3.05, 3.63) is 35.9 Å². The van der Waals surface area contributed by atoms with Crippen LogP contribution in [-0.2, 0) is 18.3 Å². The number of hydrogen-bond donors (Lipinski definition) is 0. The highest BCUT2D eigenvalue weighted by atomic mass is 31.2. The van der Waals surface area contributed by atoms with Gasteiger partial charge in [-0.1, -0.05) is 36.7 Å². The molecule has 1 heterocycles. The van der Waals surface area contributed by atoms with Crippen LogP contribution >= 0.6 is 7.60 Å². The van der Waals surface area contributed by atoms with Crippen molar-refractivity contribution in [2.24, 2.45) is 0 Å². The lowest BCUT2D eigenvalue weighted by Crippen LogP contribution is -2.16. The molecule has 0 bridgehead atoms. The number of hydrogen-bond acceptors (Lipinski definition) is 4. The molecule has 0 radical (unpaired) electrons. The fourth-order valence-corrected chi connectivity index (χ4v) is 3.41. The maximum absolute atomic E-state index is 12.3. The van der Waals surface area contributed by atoms with E-state index >= 15 is 0 Å². The van der Waals surface area contributed by atoms with Gasteiger partial charge >= 0.3 is 7.60 Å². The Kier molecular flexibility index (Phi) is 5.01. The Morgan fingerprint density at radius 1 is 1.39 bits per heavy atom. The number of benzene rings is 1. The fraction of sp³-hybridized carbons (Fsp3) is 0.500. The maximum Gasteiger partial charge on any atom is 0.356 e. The zero-order chi connectivity index (χ0) is 12.8. The summed E-state index contributed by atoms with van der Waals surface area (Å²) in [6.45, 7) is 1.03. The topological polar surface area (TPSA) is 44.8 Å². The first-order chi connectivity index (χ1) is 8.73. The summed E-state index contributed by atoms with van der Waals surface area (Å²) in [7, 11) is -1.08. The fourth-order valence-electron chi connectivity index (χ4n) is 1.86. The van der Waals surface area contributed by atoms with E-state index < -0.39 is 7.60 Å². The summed E-state index contributed by atoms with van der Waals surface area (Å²) in [5, 5.41) is 0. The van der Waals surface area contributed by atoms with Gasteiger partial charge in [0, 0.05) is 13.0 Å². The first-order valence-electron chi connectivity index (χ1n) is 6.28. The number of rotatable bonds is 5. The van der Waals surface area contributed by atoms with Gasteiger partial charge in [0.05, 0.1) is 12.7 Å². The van der Waals surface area contributed by atoms with Crippen LogP contribution in [0.1, 0.15) is 18.1 Å². The second-order valence-corrected chi connectivity index (χ2v) is 6.22. The van der Waals surface area contributed by atoms with E-state index in [1.807, 2.05) is 38.2 Å². The van der Waals surface area contributed by atoms with Crippen LogP contribution in [-0.4, -0.2) is 27.4 Å². The number of ether oxygens (including phenoxy) is 1. The third kappa shape index (κ3) is 3.69. The summed E-state index contributed by atoms with van der Waals surface area (Å²) < 4.78 is 28.5. The summed E-state index contributed by atoms with van der Waals surface area (Å²) >= 11 is 0. The van der Waals surface area contributed by atoms with Crippen molar-refractivity contribution in [2.45, 2.75) is 18.8 Å². The molecular formula is C12H18BO4P. The quantitative estimate of drug-likeness (QED) is 0.467. The van der Waals surface area contributed by atoms with Crippen molar-refractivity contribution in [1.82, 2.24) is 0 Å². The summed E-state index contributed by atoms with van der Waals surface area (Å²) in [4.78, 5) is 0. The van der Waals surface area contributed by atoms with E-state index in [4.69, 9.17) is 13.8 Å². The standard InChI is InChI=1S/C12H18BO4P/c13-7-9-15-10-18(14)16-8-6-12(17-18)11-4-2-1-3-5-11/h1-5,12H,6-10,13H2. The second-order valence-electron chi connectivity index (χ2n) is 4.27. The lowest BCUT2D eigenvalue weighted by atomic mass is 10.1. The molecule has 2 unspecified atom stereocenters. The van der Waals surface area contributed by atoms with Gasteiger partial charge in [0.25, 0.3) is 0 Å². The Hall–Kier alpha value is -0.605.